The van der Waals surface area contributed by atoms with Gasteiger partial charge in [0.2, 0.25) is 0 Å². The van der Waals surface area contributed by atoms with Gasteiger partial charge in [-0.2, -0.15) is 0 Å². The van der Waals surface area contributed by atoms with E-state index in [1.165, 1.54) is 0 Å². The van der Waals surface area contributed by atoms with E-state index in [9.17, 15) is 4.79 Å². The maximum atomic E-state index is 10.9. The standard InChI is InChI=1S/C16H15BrO4/c1-2-20-13-4-3-5-14(9-13)21-10-12-7-6-11(16(18)19)8-15(12)17/h3-9H,2,10H2,1H3,(H,18,19). The average Bonchev–Trinajstić information content (AvgIpc) is 2.46. The number of hydrogen-bond donors (Lipinski definition) is 1. The van der Waals surface area contributed by atoms with Gasteiger partial charge >= 0.3 is 5.97 Å². The molecule has 0 aromatic heterocycles. The van der Waals surface area contributed by atoms with Gasteiger partial charge in [0.05, 0.1) is 12.2 Å². The van der Waals surface area contributed by atoms with Crippen molar-refractivity contribution in [1.29, 1.82) is 0 Å². The van der Waals surface area contributed by atoms with Crippen LogP contribution < -0.4 is 9.47 Å². The van der Waals surface area contributed by atoms with Crippen LogP contribution in [0.25, 0.3) is 0 Å². The van der Waals surface area contributed by atoms with Crippen molar-refractivity contribution in [1.82, 2.24) is 0 Å². The first-order chi connectivity index (χ1) is 10.1. The van der Waals surface area contributed by atoms with Gasteiger partial charge in [-0.3, -0.25) is 0 Å². The van der Waals surface area contributed by atoms with Crippen LogP contribution in [0, 0.1) is 0 Å². The summed E-state index contributed by atoms with van der Waals surface area (Å²) in [4.78, 5) is 10.9. The quantitative estimate of drug-likeness (QED) is 0.850. The molecule has 0 unspecified atom stereocenters. The zero-order valence-electron chi connectivity index (χ0n) is 11.5. The van der Waals surface area contributed by atoms with Crippen LogP contribution >= 0.6 is 15.9 Å². The maximum absolute atomic E-state index is 10.9. The van der Waals surface area contributed by atoms with Gasteiger partial charge in [-0.25, -0.2) is 4.79 Å². The molecule has 2 aromatic rings. The smallest absolute Gasteiger partial charge is 0.335 e. The van der Waals surface area contributed by atoms with Crippen molar-refractivity contribution in [2.45, 2.75) is 13.5 Å². The molecule has 0 heterocycles. The van der Waals surface area contributed by atoms with E-state index in [2.05, 4.69) is 15.9 Å². The van der Waals surface area contributed by atoms with Gasteiger partial charge in [0.25, 0.3) is 0 Å². The van der Waals surface area contributed by atoms with Crippen molar-refractivity contribution in [3.05, 3.63) is 58.1 Å². The molecular weight excluding hydrogens is 336 g/mol. The monoisotopic (exact) mass is 350 g/mol. The van der Waals surface area contributed by atoms with Gasteiger partial charge in [-0.1, -0.05) is 28.1 Å². The Kier molecular flexibility index (Phi) is 5.22. The fraction of sp³-hybridized carbons (Fsp3) is 0.188. The summed E-state index contributed by atoms with van der Waals surface area (Å²) in [5.41, 5.74) is 1.12. The summed E-state index contributed by atoms with van der Waals surface area (Å²) in [6, 6.07) is 12.3. The average molecular weight is 351 g/mol. The predicted octanol–water partition coefficient (Wildman–Crippen LogP) is 4.13. The fourth-order valence-electron chi connectivity index (χ4n) is 1.78. The Morgan fingerprint density at radius 1 is 1.14 bits per heavy atom. The number of hydrogen-bond acceptors (Lipinski definition) is 3. The molecule has 0 bridgehead atoms. The Hall–Kier alpha value is -2.01. The van der Waals surface area contributed by atoms with Gasteiger partial charge in [-0.15, -0.1) is 0 Å². The Bertz CT molecular complexity index is 640. The van der Waals surface area contributed by atoms with E-state index in [1.807, 2.05) is 31.2 Å². The van der Waals surface area contributed by atoms with Crippen molar-refractivity contribution in [3.63, 3.8) is 0 Å². The van der Waals surface area contributed by atoms with E-state index in [0.717, 1.165) is 11.3 Å². The molecule has 0 atom stereocenters. The minimum Gasteiger partial charge on any atom is -0.494 e. The zero-order chi connectivity index (χ0) is 15.2. The minimum atomic E-state index is -0.951. The first-order valence-corrected chi connectivity index (χ1v) is 7.27. The highest BCUT2D eigenvalue weighted by atomic mass is 79.9. The second-order valence-corrected chi connectivity index (χ2v) is 5.16. The number of carboxylic acids is 1. The summed E-state index contributed by atoms with van der Waals surface area (Å²) in [6.07, 6.45) is 0. The van der Waals surface area contributed by atoms with E-state index in [1.54, 1.807) is 18.2 Å². The molecule has 2 aromatic carbocycles. The van der Waals surface area contributed by atoms with Crippen LogP contribution in [-0.2, 0) is 6.61 Å². The van der Waals surface area contributed by atoms with Crippen LogP contribution in [-0.4, -0.2) is 17.7 Å². The summed E-state index contributed by atoms with van der Waals surface area (Å²) in [5.74, 6) is 0.512. The molecule has 0 spiro atoms. The highest BCUT2D eigenvalue weighted by molar-refractivity contribution is 9.10. The second kappa shape index (κ2) is 7.13. The predicted molar refractivity (Wildman–Crippen MR) is 83.0 cm³/mol. The third kappa shape index (κ3) is 4.23. The number of halogens is 1. The number of carbonyl (C=O) groups is 1. The van der Waals surface area contributed by atoms with Crippen LogP contribution in [0.3, 0.4) is 0 Å². The summed E-state index contributed by atoms with van der Waals surface area (Å²) in [6.45, 7) is 2.87. The molecule has 0 aliphatic carbocycles. The van der Waals surface area contributed by atoms with Crippen molar-refractivity contribution in [2.24, 2.45) is 0 Å². The number of ether oxygens (including phenoxy) is 2. The lowest BCUT2D eigenvalue weighted by molar-refractivity contribution is 0.0696. The van der Waals surface area contributed by atoms with Crippen LogP contribution in [0.2, 0.25) is 0 Å². The van der Waals surface area contributed by atoms with E-state index in [4.69, 9.17) is 14.6 Å². The summed E-state index contributed by atoms with van der Waals surface area (Å²) >= 11 is 3.36. The van der Waals surface area contributed by atoms with Crippen molar-refractivity contribution in [2.75, 3.05) is 6.61 Å². The summed E-state index contributed by atoms with van der Waals surface area (Å²) in [5, 5.41) is 8.92. The molecule has 0 saturated carbocycles. The number of carboxylic acid groups (broad SMARTS) is 1. The molecule has 0 radical (unpaired) electrons. The van der Waals surface area contributed by atoms with Gasteiger partial charge < -0.3 is 14.6 Å². The molecule has 1 N–H and O–H groups in total. The number of aromatic carboxylic acids is 1. The fourth-order valence-corrected chi connectivity index (χ4v) is 2.27. The Balaban J connectivity index is 2.06. The number of benzene rings is 2. The molecule has 2 rings (SSSR count). The van der Waals surface area contributed by atoms with Crippen molar-refractivity contribution in [3.8, 4) is 11.5 Å². The maximum Gasteiger partial charge on any atom is 0.335 e. The molecular formula is C16H15BrO4. The number of rotatable bonds is 6. The topological polar surface area (TPSA) is 55.8 Å². The lowest BCUT2D eigenvalue weighted by Gasteiger charge is -2.10. The minimum absolute atomic E-state index is 0.240. The van der Waals surface area contributed by atoms with Crippen LogP contribution in [0.4, 0.5) is 0 Å². The Labute approximate surface area is 131 Å². The van der Waals surface area contributed by atoms with Crippen LogP contribution in [0.1, 0.15) is 22.8 Å². The summed E-state index contributed by atoms with van der Waals surface area (Å²) in [7, 11) is 0. The largest absolute Gasteiger partial charge is 0.494 e. The van der Waals surface area contributed by atoms with Gasteiger partial charge in [-0.05, 0) is 31.2 Å². The van der Waals surface area contributed by atoms with Gasteiger partial charge in [0.15, 0.2) is 0 Å². The molecule has 110 valence electrons. The van der Waals surface area contributed by atoms with Crippen molar-refractivity contribution >= 4 is 21.9 Å². The summed E-state index contributed by atoms with van der Waals surface area (Å²) < 4.78 is 11.8. The van der Waals surface area contributed by atoms with E-state index in [-0.39, 0.29) is 5.56 Å². The zero-order valence-corrected chi connectivity index (χ0v) is 13.1. The molecule has 0 aliphatic rings. The Morgan fingerprint density at radius 2 is 1.86 bits per heavy atom. The van der Waals surface area contributed by atoms with E-state index in [0.29, 0.717) is 23.4 Å². The molecule has 5 heteroatoms. The third-order valence-electron chi connectivity index (χ3n) is 2.81. The van der Waals surface area contributed by atoms with Gasteiger partial charge in [0.1, 0.15) is 18.1 Å². The van der Waals surface area contributed by atoms with E-state index < -0.39 is 5.97 Å². The first kappa shape index (κ1) is 15.4. The molecule has 0 aliphatic heterocycles. The normalized spacial score (nSPS) is 10.2. The SMILES string of the molecule is CCOc1cccc(OCc2ccc(C(=O)O)cc2Br)c1. The van der Waals surface area contributed by atoms with Crippen LogP contribution in [0.15, 0.2) is 46.9 Å². The highest BCUT2D eigenvalue weighted by Gasteiger charge is 2.07. The Morgan fingerprint density at radius 3 is 2.48 bits per heavy atom. The molecule has 0 fully saturated rings. The van der Waals surface area contributed by atoms with E-state index >= 15 is 0 Å². The lowest BCUT2D eigenvalue weighted by Crippen LogP contribution is -2.00. The molecule has 21 heavy (non-hydrogen) atoms. The van der Waals surface area contributed by atoms with Crippen LogP contribution in [0.5, 0.6) is 11.5 Å². The lowest BCUT2D eigenvalue weighted by atomic mass is 10.1. The molecule has 4 nitrogen and oxygen atoms in total. The van der Waals surface area contributed by atoms with Gasteiger partial charge in [0, 0.05) is 16.1 Å². The third-order valence-corrected chi connectivity index (χ3v) is 3.55. The highest BCUT2D eigenvalue weighted by Crippen LogP contribution is 2.23. The molecule has 0 saturated heterocycles. The second-order valence-electron chi connectivity index (χ2n) is 4.31. The molecule has 0 amide bonds. The first-order valence-electron chi connectivity index (χ1n) is 6.47. The van der Waals surface area contributed by atoms with Crippen molar-refractivity contribution < 1.29 is 19.4 Å².